The lowest BCUT2D eigenvalue weighted by Gasteiger charge is -2.20. The zero-order valence-electron chi connectivity index (χ0n) is 40.7. The van der Waals surface area contributed by atoms with Crippen molar-refractivity contribution in [1.82, 2.24) is 0 Å². The Kier molecular flexibility index (Phi) is 48.2. The van der Waals surface area contributed by atoms with Gasteiger partial charge in [-0.25, -0.2) is 4.57 Å². The molecular weight excluding hydrogens is 824 g/mol. The second-order valence-corrected chi connectivity index (χ2v) is 18.3. The highest BCUT2D eigenvalue weighted by molar-refractivity contribution is 7.47. The maximum atomic E-state index is 12.7. The van der Waals surface area contributed by atoms with Gasteiger partial charge in [0.05, 0.1) is 26.4 Å². The second kappa shape index (κ2) is 50.1. The Bertz CT molecular complexity index is 1270. The number of hydrogen-bond acceptors (Lipinski definition) is 8. The maximum absolute atomic E-state index is 12.7. The maximum Gasteiger partial charge on any atom is 0.472 e. The summed E-state index contributed by atoms with van der Waals surface area (Å²) in [7, 11) is -4.54. The molecule has 0 heterocycles. The van der Waals surface area contributed by atoms with Crippen molar-refractivity contribution in [2.24, 2.45) is 0 Å². The predicted octanol–water partition coefficient (Wildman–Crippen LogP) is 15.0. The molecule has 3 atom stereocenters. The van der Waals surface area contributed by atoms with E-state index < -0.39 is 45.8 Å². The molecule has 0 saturated heterocycles. The molecule has 0 spiro atoms. The molecule has 0 aliphatic heterocycles. The monoisotopic (exact) mass is 919 g/mol. The molecule has 9 nitrogen and oxygen atoms in total. The van der Waals surface area contributed by atoms with Crippen LogP contribution in [0.25, 0.3) is 0 Å². The molecule has 0 aromatic rings. The number of phosphoric ester groups is 1. The van der Waals surface area contributed by atoms with Gasteiger partial charge < -0.3 is 24.6 Å². The van der Waals surface area contributed by atoms with E-state index in [1.165, 1.54) is 109 Å². The Balaban J connectivity index is 4.20. The zero-order valence-corrected chi connectivity index (χ0v) is 41.6. The van der Waals surface area contributed by atoms with Gasteiger partial charge in [-0.3, -0.25) is 13.8 Å². The number of aliphatic hydroxyl groups is 2. The van der Waals surface area contributed by atoms with E-state index in [-0.39, 0.29) is 13.0 Å². The van der Waals surface area contributed by atoms with E-state index in [2.05, 4.69) is 98.9 Å². The van der Waals surface area contributed by atoms with Crippen LogP contribution in [0.4, 0.5) is 0 Å². The zero-order chi connectivity index (χ0) is 46.7. The van der Waals surface area contributed by atoms with Gasteiger partial charge in [-0.1, -0.05) is 221 Å². The van der Waals surface area contributed by atoms with E-state index in [9.17, 15) is 19.4 Å². The van der Waals surface area contributed by atoms with Crippen LogP contribution in [0, 0.1) is 0 Å². The Morgan fingerprint density at radius 3 is 1.28 bits per heavy atom. The topological polar surface area (TPSA) is 132 Å². The lowest BCUT2D eigenvalue weighted by atomic mass is 10.0. The summed E-state index contributed by atoms with van der Waals surface area (Å²) in [6.45, 7) is 3.35. The number of rotatable bonds is 48. The summed E-state index contributed by atoms with van der Waals surface area (Å²) in [4.78, 5) is 22.7. The van der Waals surface area contributed by atoms with Gasteiger partial charge in [0.15, 0.2) is 0 Å². The van der Waals surface area contributed by atoms with E-state index in [4.69, 9.17) is 23.6 Å². The van der Waals surface area contributed by atoms with Gasteiger partial charge in [0.2, 0.25) is 0 Å². The van der Waals surface area contributed by atoms with Gasteiger partial charge in [0.1, 0.15) is 12.2 Å². The molecule has 0 fully saturated rings. The van der Waals surface area contributed by atoms with Crippen LogP contribution in [0.2, 0.25) is 0 Å². The molecule has 3 N–H and O–H groups in total. The molecule has 0 aromatic carbocycles. The highest BCUT2D eigenvalue weighted by atomic mass is 31.2. The predicted molar refractivity (Wildman–Crippen MR) is 269 cm³/mol. The molecule has 0 amide bonds. The van der Waals surface area contributed by atoms with Gasteiger partial charge in [0, 0.05) is 13.0 Å². The number of ether oxygens (including phenoxy) is 2. The van der Waals surface area contributed by atoms with Gasteiger partial charge in [-0.2, -0.15) is 0 Å². The molecule has 0 aromatic heterocycles. The van der Waals surface area contributed by atoms with E-state index in [1.807, 2.05) is 0 Å². The molecule has 64 heavy (non-hydrogen) atoms. The summed E-state index contributed by atoms with van der Waals surface area (Å²) in [5.41, 5.74) is 0. The van der Waals surface area contributed by atoms with Gasteiger partial charge in [-0.15, -0.1) is 0 Å². The van der Waals surface area contributed by atoms with E-state index in [0.29, 0.717) is 13.0 Å². The fourth-order valence-corrected chi connectivity index (χ4v) is 7.55. The molecule has 3 unspecified atom stereocenters. The van der Waals surface area contributed by atoms with Crippen molar-refractivity contribution in [2.75, 3.05) is 33.0 Å². The molecule has 0 radical (unpaired) electrons. The standard InChI is InChI=1S/C54H95O9P/c1-3-5-7-9-11-13-15-17-19-21-23-25-26-27-28-30-32-34-36-38-40-42-44-46-54(57)63-53(51-62-64(58,59)61-49-52(56)48-55)50-60-47-45-43-41-39-37-35-33-31-29-24-22-20-18-16-14-12-10-8-6-4-2/h5,7,11,13,17,19,23,25,27-28,32,34,38,40,52-53,55-56H,3-4,6,8-10,12,14-16,18,20-22,24,26,29-31,33,35-37,39,41-51H2,1-2H3,(H,58,59)/b7-5-,13-11-,19-17-,25-23-,28-27-,34-32-,40-38-. The number of allylic oxidation sites excluding steroid dienone is 14. The SMILES string of the molecule is CC/C=C\C/C=C\C/C=C\C/C=C\C/C=C\C/C=C\C/C=C\CCCC(=O)OC(COCCCCCCCCCCCCCCCCCCCCCC)COP(=O)(O)OCC(O)CO. The van der Waals surface area contributed by atoms with Crippen molar-refractivity contribution >= 4 is 13.8 Å². The molecular formula is C54H95O9P. The van der Waals surface area contributed by atoms with Crippen molar-refractivity contribution in [3.8, 4) is 0 Å². The molecule has 0 bridgehead atoms. The van der Waals surface area contributed by atoms with Crippen LogP contribution in [-0.4, -0.2) is 66.3 Å². The first kappa shape index (κ1) is 61.6. The van der Waals surface area contributed by atoms with Crippen LogP contribution < -0.4 is 0 Å². The normalized spacial score (nSPS) is 14.5. The lowest BCUT2D eigenvalue weighted by Crippen LogP contribution is -2.29. The Labute approximate surface area is 392 Å². The second-order valence-electron chi connectivity index (χ2n) is 16.8. The highest BCUT2D eigenvalue weighted by Gasteiger charge is 2.26. The number of hydrogen-bond donors (Lipinski definition) is 3. The van der Waals surface area contributed by atoms with Crippen LogP contribution in [0.15, 0.2) is 85.1 Å². The minimum Gasteiger partial charge on any atom is -0.457 e. The van der Waals surface area contributed by atoms with Crippen LogP contribution in [0.3, 0.4) is 0 Å². The van der Waals surface area contributed by atoms with Crippen LogP contribution in [0.5, 0.6) is 0 Å². The lowest BCUT2D eigenvalue weighted by molar-refractivity contribution is -0.154. The molecule has 10 heteroatoms. The van der Waals surface area contributed by atoms with Crippen molar-refractivity contribution in [3.05, 3.63) is 85.1 Å². The average molecular weight is 919 g/mol. The Hall–Kier alpha value is -2.36. The highest BCUT2D eigenvalue weighted by Crippen LogP contribution is 2.43. The first-order valence-corrected chi connectivity index (χ1v) is 27.1. The fourth-order valence-electron chi connectivity index (χ4n) is 6.76. The smallest absolute Gasteiger partial charge is 0.457 e. The Morgan fingerprint density at radius 2 is 0.875 bits per heavy atom. The first-order valence-electron chi connectivity index (χ1n) is 25.6. The minimum atomic E-state index is -4.54. The quantitative estimate of drug-likeness (QED) is 0.0236. The summed E-state index contributed by atoms with van der Waals surface area (Å²) in [5.74, 6) is -0.439. The van der Waals surface area contributed by atoms with Crippen LogP contribution >= 0.6 is 7.82 Å². The van der Waals surface area contributed by atoms with Crippen molar-refractivity contribution in [3.63, 3.8) is 0 Å². The Morgan fingerprint density at radius 1 is 0.500 bits per heavy atom. The third-order valence-corrected chi connectivity index (χ3v) is 11.5. The van der Waals surface area contributed by atoms with Crippen LogP contribution in [-0.2, 0) is 27.9 Å². The van der Waals surface area contributed by atoms with Crippen LogP contribution in [0.1, 0.15) is 206 Å². The fraction of sp³-hybridized carbons (Fsp3) is 0.722. The molecule has 0 rings (SSSR count). The largest absolute Gasteiger partial charge is 0.472 e. The summed E-state index contributed by atoms with van der Waals surface area (Å²) >= 11 is 0. The third kappa shape index (κ3) is 49.1. The molecule has 0 aliphatic rings. The van der Waals surface area contributed by atoms with Gasteiger partial charge in [-0.05, 0) is 64.2 Å². The minimum absolute atomic E-state index is 0.0238. The number of phosphoric acid groups is 1. The van der Waals surface area contributed by atoms with Gasteiger partial charge >= 0.3 is 13.8 Å². The molecule has 0 aliphatic carbocycles. The number of aliphatic hydroxyl groups excluding tert-OH is 2. The van der Waals surface area contributed by atoms with E-state index in [1.54, 1.807) is 0 Å². The summed E-state index contributed by atoms with van der Waals surface area (Å²) in [6.07, 6.45) is 62.7. The number of carbonyl (C=O) groups is 1. The van der Waals surface area contributed by atoms with E-state index in [0.717, 1.165) is 70.6 Å². The summed E-state index contributed by atoms with van der Waals surface area (Å²) < 4.78 is 33.5. The number of carbonyl (C=O) groups excluding carboxylic acids is 1. The summed E-state index contributed by atoms with van der Waals surface area (Å²) in [5, 5.41) is 18.4. The van der Waals surface area contributed by atoms with Crippen molar-refractivity contribution in [2.45, 2.75) is 219 Å². The summed E-state index contributed by atoms with van der Waals surface area (Å²) in [6, 6.07) is 0. The van der Waals surface area contributed by atoms with Crippen molar-refractivity contribution in [1.29, 1.82) is 0 Å². The number of esters is 1. The molecule has 0 saturated carbocycles. The molecule has 370 valence electrons. The van der Waals surface area contributed by atoms with Gasteiger partial charge in [0.25, 0.3) is 0 Å². The van der Waals surface area contributed by atoms with E-state index >= 15 is 0 Å². The number of unbranched alkanes of at least 4 members (excludes halogenated alkanes) is 20. The first-order chi connectivity index (χ1) is 31.3. The third-order valence-electron chi connectivity index (χ3n) is 10.6. The van der Waals surface area contributed by atoms with Crippen molar-refractivity contribution < 1.29 is 43.0 Å². The average Bonchev–Trinajstić information content (AvgIpc) is 3.29.